The van der Waals surface area contributed by atoms with E-state index in [0.717, 1.165) is 0 Å². The summed E-state index contributed by atoms with van der Waals surface area (Å²) in [4.78, 5) is 13.4. The van der Waals surface area contributed by atoms with Gasteiger partial charge in [0.15, 0.2) is 5.65 Å². The maximum absolute atomic E-state index is 14.3. The molecular weight excluding hydrogens is 402 g/mol. The summed E-state index contributed by atoms with van der Waals surface area (Å²) < 4.78 is 30.4. The average molecular weight is 433 g/mol. The Balaban J connectivity index is 0.00000272. The third-order valence-corrected chi connectivity index (χ3v) is 5.45. The third kappa shape index (κ3) is 4.76. The number of hydrogen-bond acceptors (Lipinski definition) is 6. The summed E-state index contributed by atoms with van der Waals surface area (Å²) in [5.41, 5.74) is 0.141. The summed E-state index contributed by atoms with van der Waals surface area (Å²) in [7, 11) is 0. The number of fused-ring (bicyclic) bond motifs is 1. The van der Waals surface area contributed by atoms with E-state index in [4.69, 9.17) is 0 Å². The summed E-state index contributed by atoms with van der Waals surface area (Å²) in [6.07, 6.45) is 4.24. The first-order chi connectivity index (χ1) is 14.2. The van der Waals surface area contributed by atoms with Crippen molar-refractivity contribution in [2.75, 3.05) is 10.6 Å². The van der Waals surface area contributed by atoms with Crippen LogP contribution in [0.2, 0.25) is 0 Å². The number of nitrogens with zero attached hydrogens (tertiary/aromatic N) is 4. The molecule has 0 aliphatic heterocycles. The highest BCUT2D eigenvalue weighted by Crippen LogP contribution is 2.38. The van der Waals surface area contributed by atoms with Crippen molar-refractivity contribution < 1.29 is 13.9 Å². The zero-order valence-electron chi connectivity index (χ0n) is 17.3. The van der Waals surface area contributed by atoms with E-state index in [9.17, 15) is 13.9 Å². The van der Waals surface area contributed by atoms with Gasteiger partial charge in [-0.3, -0.25) is 4.57 Å². The van der Waals surface area contributed by atoms with Crippen molar-refractivity contribution in [3.05, 3.63) is 36.0 Å². The standard InChI is InChI=1S/C21H26F2N6O.CH4/c1-12(2)25-19-24-11-16-18(28-19)29(13-7-9-21(3,30)10-8-13)20(26-16)27-17-14(22)5-4-6-15(17)23;/h4-6,11-13,30H,7-10H2,1-3H3,(H,26,27)(H,24,25,28);1H4. The molecule has 3 aromatic rings. The molecule has 2 heterocycles. The first-order valence-corrected chi connectivity index (χ1v) is 10.2. The molecule has 1 aliphatic rings. The highest BCUT2D eigenvalue weighted by Gasteiger charge is 2.32. The zero-order valence-corrected chi connectivity index (χ0v) is 17.3. The Morgan fingerprint density at radius 3 is 2.42 bits per heavy atom. The highest BCUT2D eigenvalue weighted by atomic mass is 19.1. The summed E-state index contributed by atoms with van der Waals surface area (Å²) in [5, 5.41) is 16.3. The van der Waals surface area contributed by atoms with Gasteiger partial charge in [-0.15, -0.1) is 0 Å². The minimum atomic E-state index is -0.711. The number of anilines is 3. The van der Waals surface area contributed by atoms with Crippen LogP contribution in [0.4, 0.5) is 26.4 Å². The van der Waals surface area contributed by atoms with Gasteiger partial charge in [0.05, 0.1) is 11.8 Å². The first kappa shape index (κ1) is 22.9. The predicted octanol–water partition coefficient (Wildman–Crippen LogP) is 5.17. The summed E-state index contributed by atoms with van der Waals surface area (Å²) in [6, 6.07) is 3.83. The van der Waals surface area contributed by atoms with Crippen LogP contribution in [0.3, 0.4) is 0 Å². The van der Waals surface area contributed by atoms with E-state index in [0.29, 0.717) is 48.7 Å². The Labute approximate surface area is 180 Å². The number of para-hydroxylation sites is 1. The van der Waals surface area contributed by atoms with Crippen LogP contribution in [0.1, 0.15) is 59.9 Å². The van der Waals surface area contributed by atoms with Crippen molar-refractivity contribution in [1.82, 2.24) is 19.5 Å². The van der Waals surface area contributed by atoms with E-state index < -0.39 is 17.2 Å². The molecule has 1 aliphatic carbocycles. The normalized spacial score (nSPS) is 21.2. The van der Waals surface area contributed by atoms with Crippen LogP contribution in [-0.2, 0) is 0 Å². The largest absolute Gasteiger partial charge is 0.390 e. The second-order valence-corrected chi connectivity index (χ2v) is 8.46. The van der Waals surface area contributed by atoms with E-state index in [1.807, 2.05) is 25.3 Å². The van der Waals surface area contributed by atoms with E-state index in [2.05, 4.69) is 25.6 Å². The molecule has 0 unspecified atom stereocenters. The molecule has 168 valence electrons. The van der Waals surface area contributed by atoms with Crippen molar-refractivity contribution in [1.29, 1.82) is 0 Å². The van der Waals surface area contributed by atoms with Crippen LogP contribution in [0.15, 0.2) is 24.4 Å². The number of halogens is 2. The van der Waals surface area contributed by atoms with Gasteiger partial charge in [-0.05, 0) is 58.6 Å². The topological polar surface area (TPSA) is 87.9 Å². The van der Waals surface area contributed by atoms with Crippen molar-refractivity contribution >= 4 is 28.7 Å². The van der Waals surface area contributed by atoms with Crippen molar-refractivity contribution in [2.45, 2.75) is 71.6 Å². The molecule has 0 radical (unpaired) electrons. The summed E-state index contributed by atoms with van der Waals surface area (Å²) >= 11 is 0. The van der Waals surface area contributed by atoms with Gasteiger partial charge in [0, 0.05) is 12.1 Å². The Morgan fingerprint density at radius 1 is 1.16 bits per heavy atom. The number of nitrogens with one attached hydrogen (secondary N) is 2. The molecule has 2 aromatic heterocycles. The fourth-order valence-corrected chi connectivity index (χ4v) is 3.86. The summed E-state index contributed by atoms with van der Waals surface area (Å²) in [6.45, 7) is 5.81. The molecule has 0 saturated heterocycles. The second-order valence-electron chi connectivity index (χ2n) is 8.46. The lowest BCUT2D eigenvalue weighted by Gasteiger charge is -2.34. The number of aromatic nitrogens is 4. The Kier molecular flexibility index (Phi) is 6.45. The average Bonchev–Trinajstić information content (AvgIpc) is 3.02. The van der Waals surface area contributed by atoms with Crippen molar-refractivity contribution in [2.24, 2.45) is 0 Å². The fraction of sp³-hybridized carbons (Fsp3) is 0.500. The quantitative estimate of drug-likeness (QED) is 0.515. The summed E-state index contributed by atoms with van der Waals surface area (Å²) in [5.74, 6) is -0.636. The van der Waals surface area contributed by atoms with Crippen molar-refractivity contribution in [3.63, 3.8) is 0 Å². The molecule has 0 amide bonds. The van der Waals surface area contributed by atoms with Crippen LogP contribution >= 0.6 is 0 Å². The molecule has 31 heavy (non-hydrogen) atoms. The molecule has 1 fully saturated rings. The lowest BCUT2D eigenvalue weighted by Crippen LogP contribution is -2.31. The fourth-order valence-electron chi connectivity index (χ4n) is 3.86. The predicted molar refractivity (Wildman–Crippen MR) is 119 cm³/mol. The monoisotopic (exact) mass is 432 g/mol. The molecule has 9 heteroatoms. The van der Waals surface area contributed by atoms with Crippen LogP contribution in [-0.4, -0.2) is 36.3 Å². The van der Waals surface area contributed by atoms with E-state index >= 15 is 0 Å². The third-order valence-electron chi connectivity index (χ3n) is 5.45. The minimum Gasteiger partial charge on any atom is -0.390 e. The van der Waals surface area contributed by atoms with Crippen LogP contribution in [0.25, 0.3) is 11.2 Å². The van der Waals surface area contributed by atoms with E-state index in [1.54, 1.807) is 6.20 Å². The molecular formula is C22H30F2N6O. The van der Waals surface area contributed by atoms with Gasteiger partial charge in [-0.1, -0.05) is 13.5 Å². The smallest absolute Gasteiger partial charge is 0.224 e. The lowest BCUT2D eigenvalue weighted by atomic mass is 9.83. The number of benzene rings is 1. The Hall–Kier alpha value is -2.81. The molecule has 1 aromatic carbocycles. The molecule has 0 atom stereocenters. The van der Waals surface area contributed by atoms with Gasteiger partial charge < -0.3 is 15.7 Å². The van der Waals surface area contributed by atoms with Crippen LogP contribution in [0.5, 0.6) is 0 Å². The van der Waals surface area contributed by atoms with Gasteiger partial charge in [0.25, 0.3) is 0 Å². The van der Waals surface area contributed by atoms with Gasteiger partial charge in [-0.2, -0.15) is 4.98 Å². The molecule has 3 N–H and O–H groups in total. The van der Waals surface area contributed by atoms with Crippen LogP contribution in [0, 0.1) is 11.6 Å². The molecule has 7 nitrogen and oxygen atoms in total. The second kappa shape index (κ2) is 8.74. The van der Waals surface area contributed by atoms with Gasteiger partial charge in [0.1, 0.15) is 22.8 Å². The van der Waals surface area contributed by atoms with Gasteiger partial charge >= 0.3 is 0 Å². The molecule has 4 rings (SSSR count). The Bertz CT molecular complexity index is 1040. The lowest BCUT2D eigenvalue weighted by molar-refractivity contribution is 0.0105. The number of rotatable bonds is 5. The molecule has 0 bridgehead atoms. The molecule has 1 saturated carbocycles. The van der Waals surface area contributed by atoms with Gasteiger partial charge in [-0.25, -0.2) is 18.7 Å². The minimum absolute atomic E-state index is 0. The maximum atomic E-state index is 14.3. The van der Waals surface area contributed by atoms with Gasteiger partial charge in [0.2, 0.25) is 11.9 Å². The number of aliphatic hydroxyl groups is 1. The Morgan fingerprint density at radius 2 is 1.81 bits per heavy atom. The van der Waals surface area contributed by atoms with E-state index in [-0.39, 0.29) is 25.2 Å². The highest BCUT2D eigenvalue weighted by molar-refractivity contribution is 5.76. The number of hydrogen-bond donors (Lipinski definition) is 3. The maximum Gasteiger partial charge on any atom is 0.224 e. The first-order valence-electron chi connectivity index (χ1n) is 10.2. The van der Waals surface area contributed by atoms with Crippen molar-refractivity contribution in [3.8, 4) is 0 Å². The molecule has 0 spiro atoms. The SMILES string of the molecule is C.CC(C)Nc1ncc2nc(Nc3c(F)cccc3F)n(C3CCC(C)(O)CC3)c2n1. The van der Waals surface area contributed by atoms with E-state index in [1.165, 1.54) is 18.2 Å². The zero-order chi connectivity index (χ0) is 21.5. The number of imidazole rings is 1. The van der Waals surface area contributed by atoms with Crippen LogP contribution < -0.4 is 10.6 Å².